The summed E-state index contributed by atoms with van der Waals surface area (Å²) in [4.78, 5) is 2.57. The number of aliphatic hydroxyl groups excluding tert-OH is 1. The number of hydrogen-bond acceptors (Lipinski definition) is 4. The molecule has 0 saturated carbocycles. The fourth-order valence-corrected chi connectivity index (χ4v) is 3.85. The molecule has 2 heterocycles. The molecule has 2 unspecified atom stereocenters. The fourth-order valence-electron chi connectivity index (χ4n) is 3.85. The molecule has 2 bridgehead atoms. The summed E-state index contributed by atoms with van der Waals surface area (Å²) < 4.78 is 5.08. The van der Waals surface area contributed by atoms with E-state index in [9.17, 15) is 5.11 Å². The van der Waals surface area contributed by atoms with Gasteiger partial charge in [-0.1, -0.05) is 18.2 Å². The van der Waals surface area contributed by atoms with Crippen LogP contribution < -0.4 is 10.2 Å². The first-order chi connectivity index (χ1) is 10.3. The van der Waals surface area contributed by atoms with Gasteiger partial charge in [0.1, 0.15) is 0 Å². The Morgan fingerprint density at radius 2 is 1.95 bits per heavy atom. The van der Waals surface area contributed by atoms with E-state index >= 15 is 0 Å². The molecule has 0 spiro atoms. The number of para-hydroxylation sites is 1. The minimum Gasteiger partial charge on any atom is -0.393 e. The van der Waals surface area contributed by atoms with Gasteiger partial charge in [-0.25, -0.2) is 0 Å². The number of methoxy groups -OCH3 is 1. The van der Waals surface area contributed by atoms with Crippen molar-refractivity contribution in [1.82, 2.24) is 5.32 Å². The third-order valence-corrected chi connectivity index (χ3v) is 4.78. The van der Waals surface area contributed by atoms with Crippen molar-refractivity contribution in [2.75, 3.05) is 25.2 Å². The molecule has 2 N–H and O–H groups in total. The monoisotopic (exact) mass is 290 g/mol. The molecule has 0 aromatic heterocycles. The van der Waals surface area contributed by atoms with Crippen molar-refractivity contribution in [3.8, 4) is 0 Å². The van der Waals surface area contributed by atoms with Crippen LogP contribution in [0.25, 0.3) is 0 Å². The highest BCUT2D eigenvalue weighted by Crippen LogP contribution is 2.40. The predicted molar refractivity (Wildman–Crippen MR) is 84.6 cm³/mol. The summed E-state index contributed by atoms with van der Waals surface area (Å²) >= 11 is 0. The minimum absolute atomic E-state index is 0.106. The van der Waals surface area contributed by atoms with E-state index in [0.29, 0.717) is 12.1 Å². The van der Waals surface area contributed by atoms with Gasteiger partial charge in [0.2, 0.25) is 0 Å². The van der Waals surface area contributed by atoms with Crippen molar-refractivity contribution in [1.29, 1.82) is 0 Å². The molecule has 3 rings (SSSR count). The van der Waals surface area contributed by atoms with E-state index in [1.807, 2.05) is 0 Å². The lowest BCUT2D eigenvalue weighted by Gasteiger charge is -2.40. The summed E-state index contributed by atoms with van der Waals surface area (Å²) in [5.41, 5.74) is 2.70. The average molecular weight is 290 g/mol. The smallest absolute Gasteiger partial charge is 0.0587 e. The predicted octanol–water partition coefficient (Wildman–Crippen LogP) is 1.91. The molecule has 0 radical (unpaired) electrons. The van der Waals surface area contributed by atoms with Crippen molar-refractivity contribution in [3.63, 3.8) is 0 Å². The van der Waals surface area contributed by atoms with Gasteiger partial charge in [0.05, 0.1) is 12.7 Å². The van der Waals surface area contributed by atoms with Crippen LogP contribution in [-0.4, -0.2) is 43.6 Å². The zero-order valence-corrected chi connectivity index (χ0v) is 12.8. The number of benzene rings is 1. The Labute approximate surface area is 127 Å². The van der Waals surface area contributed by atoms with Crippen LogP contribution >= 0.6 is 0 Å². The van der Waals surface area contributed by atoms with Gasteiger partial charge in [-0.15, -0.1) is 0 Å². The molecule has 4 heteroatoms. The van der Waals surface area contributed by atoms with Crippen molar-refractivity contribution < 1.29 is 9.84 Å². The number of anilines is 1. The van der Waals surface area contributed by atoms with Crippen LogP contribution in [0.4, 0.5) is 5.69 Å². The number of nitrogens with one attached hydrogen (secondary N) is 1. The summed E-state index contributed by atoms with van der Waals surface area (Å²) in [6.45, 7) is 2.48. The minimum atomic E-state index is -0.106. The molecular weight excluding hydrogens is 264 g/mol. The second-order valence-corrected chi connectivity index (χ2v) is 6.22. The van der Waals surface area contributed by atoms with Gasteiger partial charge >= 0.3 is 0 Å². The Balaban J connectivity index is 1.73. The van der Waals surface area contributed by atoms with E-state index in [1.54, 1.807) is 7.11 Å². The maximum atomic E-state index is 9.97. The molecule has 2 aliphatic rings. The van der Waals surface area contributed by atoms with Gasteiger partial charge in [0.25, 0.3) is 0 Å². The third kappa shape index (κ3) is 3.23. The molecule has 21 heavy (non-hydrogen) atoms. The van der Waals surface area contributed by atoms with Gasteiger partial charge in [0.15, 0.2) is 0 Å². The highest BCUT2D eigenvalue weighted by atomic mass is 16.5. The molecule has 0 aliphatic carbocycles. The maximum absolute atomic E-state index is 9.97. The van der Waals surface area contributed by atoms with E-state index in [4.69, 9.17) is 4.74 Å². The van der Waals surface area contributed by atoms with Crippen molar-refractivity contribution in [2.45, 2.75) is 50.4 Å². The molecule has 2 saturated heterocycles. The van der Waals surface area contributed by atoms with Crippen LogP contribution in [0.1, 0.15) is 31.2 Å². The fraction of sp³-hybridized carbons (Fsp3) is 0.647. The zero-order chi connectivity index (χ0) is 14.7. The lowest BCUT2D eigenvalue weighted by atomic mass is 9.98. The van der Waals surface area contributed by atoms with Crippen molar-refractivity contribution in [2.24, 2.45) is 0 Å². The largest absolute Gasteiger partial charge is 0.393 e. The average Bonchev–Trinajstić information content (AvgIpc) is 2.76. The lowest BCUT2D eigenvalue weighted by Crippen LogP contribution is -2.45. The topological polar surface area (TPSA) is 44.7 Å². The number of aliphatic hydroxyl groups is 1. The number of ether oxygens (including phenoxy) is 1. The highest BCUT2D eigenvalue weighted by Gasteiger charge is 2.40. The number of piperidine rings is 1. The molecule has 116 valence electrons. The van der Waals surface area contributed by atoms with Crippen molar-refractivity contribution >= 4 is 5.69 Å². The molecule has 2 fully saturated rings. The zero-order valence-electron chi connectivity index (χ0n) is 12.8. The van der Waals surface area contributed by atoms with Gasteiger partial charge in [-0.2, -0.15) is 0 Å². The van der Waals surface area contributed by atoms with E-state index in [1.165, 1.54) is 24.1 Å². The summed E-state index contributed by atoms with van der Waals surface area (Å²) in [6.07, 6.45) is 4.16. The molecule has 1 aromatic rings. The molecule has 0 amide bonds. The first-order valence-electron chi connectivity index (χ1n) is 8.03. The number of nitrogens with zero attached hydrogens (tertiary/aromatic N) is 1. The molecule has 4 nitrogen and oxygen atoms in total. The number of rotatable bonds is 6. The van der Waals surface area contributed by atoms with Gasteiger partial charge < -0.3 is 20.1 Å². The summed E-state index contributed by atoms with van der Waals surface area (Å²) in [7, 11) is 1.73. The first-order valence-corrected chi connectivity index (χ1v) is 8.03. The van der Waals surface area contributed by atoms with Crippen molar-refractivity contribution in [3.05, 3.63) is 29.8 Å². The Hall–Kier alpha value is -1.10. The SMILES string of the molecule is COCCNCc1ccccc1N1C2CCC1CC(O)C2. The van der Waals surface area contributed by atoms with Crippen LogP contribution in [0, 0.1) is 0 Å². The van der Waals surface area contributed by atoms with Gasteiger partial charge in [0, 0.05) is 38.0 Å². The first kappa shape index (κ1) is 14.8. The Morgan fingerprint density at radius 1 is 1.24 bits per heavy atom. The molecule has 1 aromatic carbocycles. The van der Waals surface area contributed by atoms with E-state index in [2.05, 4.69) is 34.5 Å². The summed E-state index contributed by atoms with van der Waals surface area (Å²) in [5, 5.41) is 13.4. The van der Waals surface area contributed by atoms with Crippen LogP contribution in [-0.2, 0) is 11.3 Å². The Morgan fingerprint density at radius 3 is 2.67 bits per heavy atom. The maximum Gasteiger partial charge on any atom is 0.0587 e. The van der Waals surface area contributed by atoms with E-state index in [0.717, 1.165) is 32.5 Å². The molecule has 2 atom stereocenters. The van der Waals surface area contributed by atoms with Gasteiger partial charge in [-0.05, 0) is 37.3 Å². The van der Waals surface area contributed by atoms with Gasteiger partial charge in [-0.3, -0.25) is 0 Å². The normalized spacial score (nSPS) is 28.1. The number of hydrogen-bond donors (Lipinski definition) is 2. The third-order valence-electron chi connectivity index (χ3n) is 4.78. The summed E-state index contributed by atoms with van der Waals surface area (Å²) in [5.74, 6) is 0. The van der Waals surface area contributed by atoms with E-state index in [-0.39, 0.29) is 6.10 Å². The number of fused-ring (bicyclic) bond motifs is 2. The second kappa shape index (κ2) is 6.77. The standard InChI is InChI=1S/C17H26N2O2/c1-21-9-8-18-12-13-4-2-3-5-17(13)19-14-6-7-15(19)11-16(20)10-14/h2-5,14-16,18,20H,6-12H2,1H3. The van der Waals surface area contributed by atoms with Crippen LogP contribution in [0.5, 0.6) is 0 Å². The quantitative estimate of drug-likeness (QED) is 0.786. The molecular formula is C17H26N2O2. The summed E-state index contributed by atoms with van der Waals surface area (Å²) in [6, 6.07) is 9.70. The van der Waals surface area contributed by atoms with Crippen LogP contribution in [0.3, 0.4) is 0 Å². The van der Waals surface area contributed by atoms with Crippen LogP contribution in [0.15, 0.2) is 24.3 Å². The van der Waals surface area contributed by atoms with E-state index < -0.39 is 0 Å². The lowest BCUT2D eigenvalue weighted by molar-refractivity contribution is 0.126. The highest BCUT2D eigenvalue weighted by molar-refractivity contribution is 5.56. The Bertz CT molecular complexity index is 452. The molecule has 2 aliphatic heterocycles. The Kier molecular flexibility index (Phi) is 4.78. The second-order valence-electron chi connectivity index (χ2n) is 6.22. The van der Waals surface area contributed by atoms with Crippen LogP contribution in [0.2, 0.25) is 0 Å².